The lowest BCUT2D eigenvalue weighted by Gasteiger charge is -2.31. The van der Waals surface area contributed by atoms with Gasteiger partial charge in [0, 0.05) is 19.0 Å². The van der Waals surface area contributed by atoms with E-state index in [1.807, 2.05) is 0 Å². The first-order valence-corrected chi connectivity index (χ1v) is 9.24. The molecule has 3 N–H and O–H groups in total. The monoisotopic (exact) mass is 438 g/mol. The Bertz CT molecular complexity index is 1090. The zero-order valence-electron chi connectivity index (χ0n) is 15.8. The van der Waals surface area contributed by atoms with E-state index in [4.69, 9.17) is 9.84 Å². The Morgan fingerprint density at radius 1 is 1.23 bits per heavy atom. The Morgan fingerprint density at radius 2 is 1.94 bits per heavy atom. The van der Waals surface area contributed by atoms with Crippen molar-refractivity contribution in [2.75, 3.05) is 0 Å². The summed E-state index contributed by atoms with van der Waals surface area (Å²) in [5.41, 5.74) is 1.06. The molecule has 1 amide bonds. The van der Waals surface area contributed by atoms with Gasteiger partial charge in [-0.15, -0.1) is 13.2 Å². The first-order chi connectivity index (χ1) is 14.7. The molecular weight excluding hydrogens is 421 g/mol. The number of aliphatic hydroxyl groups excluding tert-OH is 1. The summed E-state index contributed by atoms with van der Waals surface area (Å²) in [4.78, 5) is 15.3. The van der Waals surface area contributed by atoms with Crippen molar-refractivity contribution in [3.05, 3.63) is 42.2 Å². The van der Waals surface area contributed by atoms with Crippen LogP contribution in [0.3, 0.4) is 0 Å². The van der Waals surface area contributed by atoms with Crippen LogP contribution in [-0.2, 0) is 6.54 Å². The molecule has 0 atom stereocenters. The largest absolute Gasteiger partial charge is 0.573 e. The van der Waals surface area contributed by atoms with Gasteiger partial charge in [0.25, 0.3) is 0 Å². The molecule has 0 spiro atoms. The molecule has 1 aliphatic rings. The van der Waals surface area contributed by atoms with Crippen LogP contribution in [0.1, 0.15) is 18.5 Å². The van der Waals surface area contributed by atoms with Crippen molar-refractivity contribution in [1.29, 1.82) is 0 Å². The number of hydrogen-bond donors (Lipinski definition) is 3. The van der Waals surface area contributed by atoms with Gasteiger partial charge in [-0.25, -0.2) is 14.5 Å². The van der Waals surface area contributed by atoms with E-state index in [0.29, 0.717) is 41.0 Å². The van der Waals surface area contributed by atoms with Gasteiger partial charge in [-0.1, -0.05) is 0 Å². The van der Waals surface area contributed by atoms with Gasteiger partial charge in [0.15, 0.2) is 5.65 Å². The van der Waals surface area contributed by atoms with Gasteiger partial charge in [-0.3, -0.25) is 0 Å². The molecule has 0 aliphatic heterocycles. The molecular formula is C19H17F3N4O5. The zero-order chi connectivity index (χ0) is 22.2. The smallest absolute Gasteiger partial charge is 0.489 e. The Balaban J connectivity index is 1.72. The van der Waals surface area contributed by atoms with Gasteiger partial charge in [0.2, 0.25) is 0 Å². The second-order valence-corrected chi connectivity index (χ2v) is 6.93. The lowest BCUT2D eigenvalue weighted by atomic mass is 9.92. The molecule has 2 heterocycles. The standard InChI is InChI=1S/C19H17F3N4O5/c20-19(21,22)31-12-3-1-10(2-4-12)26-17-16(14(25-26)9-24-18(28)29)15(5-6-23-17)30-13-7-11(27)8-13/h1-6,11,13,24,27H,7-9H2,(H,28,29). The number of aromatic nitrogens is 3. The lowest BCUT2D eigenvalue weighted by Crippen LogP contribution is -2.37. The number of rotatable bonds is 6. The van der Waals surface area contributed by atoms with E-state index in [2.05, 4.69) is 20.1 Å². The third kappa shape index (κ3) is 4.63. The maximum absolute atomic E-state index is 12.4. The van der Waals surface area contributed by atoms with E-state index in [0.717, 1.165) is 12.1 Å². The molecule has 1 aliphatic carbocycles. The number of fused-ring (bicyclic) bond motifs is 1. The lowest BCUT2D eigenvalue weighted by molar-refractivity contribution is -0.274. The van der Waals surface area contributed by atoms with Crippen LogP contribution in [0.5, 0.6) is 11.5 Å². The number of carbonyl (C=O) groups is 1. The van der Waals surface area contributed by atoms with Gasteiger partial charge in [-0.05, 0) is 30.3 Å². The zero-order valence-corrected chi connectivity index (χ0v) is 15.8. The molecule has 164 valence electrons. The topological polar surface area (TPSA) is 119 Å². The minimum absolute atomic E-state index is 0.135. The fraction of sp³-hybridized carbons (Fsp3) is 0.316. The summed E-state index contributed by atoms with van der Waals surface area (Å²) in [5, 5.41) is 25.6. The minimum Gasteiger partial charge on any atom is -0.489 e. The summed E-state index contributed by atoms with van der Waals surface area (Å²) >= 11 is 0. The first kappa shape index (κ1) is 20.7. The summed E-state index contributed by atoms with van der Waals surface area (Å²) in [5.74, 6) is 0.0355. The Hall–Kier alpha value is -3.54. The van der Waals surface area contributed by atoms with E-state index in [9.17, 15) is 23.1 Å². The fourth-order valence-electron chi connectivity index (χ4n) is 3.25. The number of nitrogens with one attached hydrogen (secondary N) is 1. The van der Waals surface area contributed by atoms with Crippen molar-refractivity contribution >= 4 is 17.1 Å². The van der Waals surface area contributed by atoms with E-state index >= 15 is 0 Å². The molecule has 9 nitrogen and oxygen atoms in total. The number of carboxylic acid groups (broad SMARTS) is 1. The number of pyridine rings is 1. The number of aliphatic hydroxyl groups is 1. The molecule has 31 heavy (non-hydrogen) atoms. The number of nitrogens with zero attached hydrogens (tertiary/aromatic N) is 3. The highest BCUT2D eigenvalue weighted by molar-refractivity contribution is 5.86. The molecule has 4 rings (SSSR count). The number of alkyl halides is 3. The van der Waals surface area contributed by atoms with Crippen LogP contribution >= 0.6 is 0 Å². The van der Waals surface area contributed by atoms with Gasteiger partial charge in [-0.2, -0.15) is 5.10 Å². The molecule has 0 radical (unpaired) electrons. The Kier molecular flexibility index (Phi) is 5.31. The minimum atomic E-state index is -4.81. The molecule has 2 aromatic heterocycles. The predicted molar refractivity (Wildman–Crippen MR) is 100 cm³/mol. The molecule has 0 unspecified atom stereocenters. The van der Waals surface area contributed by atoms with E-state index in [1.54, 1.807) is 6.07 Å². The summed E-state index contributed by atoms with van der Waals surface area (Å²) in [6.07, 6.45) is -4.23. The van der Waals surface area contributed by atoms with Crippen molar-refractivity contribution in [3.8, 4) is 17.2 Å². The van der Waals surface area contributed by atoms with Crippen LogP contribution in [0.15, 0.2) is 36.5 Å². The van der Waals surface area contributed by atoms with Gasteiger partial charge >= 0.3 is 12.5 Å². The SMILES string of the molecule is O=C(O)NCc1nn(-c2ccc(OC(F)(F)F)cc2)c2nccc(OC3CC(O)C3)c12. The van der Waals surface area contributed by atoms with Crippen molar-refractivity contribution in [2.24, 2.45) is 0 Å². The molecule has 3 aromatic rings. The van der Waals surface area contributed by atoms with Crippen LogP contribution in [0.25, 0.3) is 16.7 Å². The van der Waals surface area contributed by atoms with Crippen LogP contribution in [0, 0.1) is 0 Å². The van der Waals surface area contributed by atoms with E-state index < -0.39 is 18.6 Å². The van der Waals surface area contributed by atoms with E-state index in [1.165, 1.54) is 23.0 Å². The molecule has 0 bridgehead atoms. The quantitative estimate of drug-likeness (QED) is 0.541. The molecule has 1 aromatic carbocycles. The highest BCUT2D eigenvalue weighted by atomic mass is 19.4. The summed E-state index contributed by atoms with van der Waals surface area (Å²) in [7, 11) is 0. The normalized spacial score (nSPS) is 18.5. The van der Waals surface area contributed by atoms with Gasteiger partial charge in [0.05, 0.1) is 29.4 Å². The van der Waals surface area contributed by atoms with Gasteiger partial charge < -0.3 is 25.0 Å². The molecule has 1 fully saturated rings. The first-order valence-electron chi connectivity index (χ1n) is 9.24. The average molecular weight is 438 g/mol. The van der Waals surface area contributed by atoms with Crippen LogP contribution in [0.4, 0.5) is 18.0 Å². The summed E-state index contributed by atoms with van der Waals surface area (Å²) in [6.45, 7) is -0.135. The number of halogens is 3. The highest BCUT2D eigenvalue weighted by Crippen LogP contribution is 2.34. The van der Waals surface area contributed by atoms with Crippen LogP contribution in [-0.4, -0.2) is 49.6 Å². The van der Waals surface area contributed by atoms with Crippen molar-refractivity contribution in [3.63, 3.8) is 0 Å². The van der Waals surface area contributed by atoms with Crippen molar-refractivity contribution in [1.82, 2.24) is 20.1 Å². The number of benzene rings is 1. The Labute approximate surface area is 173 Å². The Morgan fingerprint density at radius 3 is 2.55 bits per heavy atom. The molecule has 12 heteroatoms. The summed E-state index contributed by atoms with van der Waals surface area (Å²) < 4.78 is 48.4. The number of amides is 1. The predicted octanol–water partition coefficient (Wildman–Crippen LogP) is 2.99. The average Bonchev–Trinajstić information content (AvgIpc) is 3.04. The van der Waals surface area contributed by atoms with Crippen LogP contribution in [0.2, 0.25) is 0 Å². The number of hydrogen-bond acceptors (Lipinski definition) is 6. The third-order valence-electron chi connectivity index (χ3n) is 4.69. The van der Waals surface area contributed by atoms with Crippen molar-refractivity contribution < 1.29 is 37.7 Å². The second-order valence-electron chi connectivity index (χ2n) is 6.93. The molecule has 0 saturated heterocycles. The third-order valence-corrected chi connectivity index (χ3v) is 4.69. The second kappa shape index (κ2) is 7.95. The molecule has 1 saturated carbocycles. The van der Waals surface area contributed by atoms with Gasteiger partial charge in [0.1, 0.15) is 17.6 Å². The fourth-order valence-corrected chi connectivity index (χ4v) is 3.25. The van der Waals surface area contributed by atoms with Crippen molar-refractivity contribution in [2.45, 2.75) is 38.0 Å². The highest BCUT2D eigenvalue weighted by Gasteiger charge is 2.31. The summed E-state index contributed by atoms with van der Waals surface area (Å²) in [6, 6.07) is 6.64. The van der Waals surface area contributed by atoms with Crippen LogP contribution < -0.4 is 14.8 Å². The maximum atomic E-state index is 12.4. The van der Waals surface area contributed by atoms with E-state index in [-0.39, 0.29) is 18.4 Å². The maximum Gasteiger partial charge on any atom is 0.573 e. The number of ether oxygens (including phenoxy) is 2.